The van der Waals surface area contributed by atoms with Gasteiger partial charge >= 0.3 is 0 Å². The minimum absolute atomic E-state index is 0.0887. The van der Waals surface area contributed by atoms with Crippen LogP contribution in [0.25, 0.3) is 0 Å². The zero-order chi connectivity index (χ0) is 10.8. The number of hydrogen-bond donors (Lipinski definition) is 1. The molecule has 0 bridgehead atoms. The summed E-state index contributed by atoms with van der Waals surface area (Å²) in [6, 6.07) is 0. The first kappa shape index (κ1) is 9.36. The fraction of sp³-hybridized carbons (Fsp3) is 0.818. The molecule has 3 fully saturated rings. The Morgan fingerprint density at radius 1 is 1.25 bits per heavy atom. The van der Waals surface area contributed by atoms with Crippen LogP contribution in [0.1, 0.15) is 37.4 Å². The predicted octanol–water partition coefficient (Wildman–Crippen LogP) is 1.34. The van der Waals surface area contributed by atoms with E-state index in [1.54, 1.807) is 11.5 Å². The summed E-state index contributed by atoms with van der Waals surface area (Å²) in [5.41, 5.74) is 6.42. The lowest BCUT2D eigenvalue weighted by atomic mass is 9.86. The van der Waals surface area contributed by atoms with E-state index in [1.807, 2.05) is 0 Å². The van der Waals surface area contributed by atoms with Crippen LogP contribution in [0.3, 0.4) is 0 Å². The summed E-state index contributed by atoms with van der Waals surface area (Å²) < 4.78 is 4.44. The van der Waals surface area contributed by atoms with Crippen LogP contribution in [0.2, 0.25) is 0 Å². The molecule has 3 aliphatic rings. The normalized spacial score (nSPS) is 27.9. The molecule has 5 heteroatoms. The number of rotatable bonds is 3. The molecule has 1 aliphatic heterocycles. The maximum atomic E-state index is 6.33. The molecule has 1 saturated heterocycles. The van der Waals surface area contributed by atoms with E-state index in [0.717, 1.165) is 30.0 Å². The van der Waals surface area contributed by atoms with Gasteiger partial charge < -0.3 is 10.6 Å². The zero-order valence-electron chi connectivity index (χ0n) is 9.22. The first-order chi connectivity index (χ1) is 7.74. The van der Waals surface area contributed by atoms with E-state index in [4.69, 9.17) is 5.73 Å². The highest BCUT2D eigenvalue weighted by molar-refractivity contribution is 7.09. The van der Waals surface area contributed by atoms with Crippen molar-refractivity contribution in [3.8, 4) is 0 Å². The fourth-order valence-electron chi connectivity index (χ4n) is 2.58. The standard InChI is InChI=1S/C11H16N4S/c12-11(8-3-4-8)5-15(6-11)10-13-9(14-16-10)7-1-2-7/h7-8H,1-6,12H2. The molecule has 0 spiro atoms. The Kier molecular flexibility index (Phi) is 1.73. The third kappa shape index (κ3) is 1.38. The van der Waals surface area contributed by atoms with Gasteiger partial charge in [-0.2, -0.15) is 4.37 Å². The summed E-state index contributed by atoms with van der Waals surface area (Å²) >= 11 is 1.54. The number of nitrogens with zero attached hydrogens (tertiary/aromatic N) is 3. The van der Waals surface area contributed by atoms with E-state index in [9.17, 15) is 0 Å². The molecule has 0 aromatic carbocycles. The average Bonchev–Trinajstić information content (AvgIpc) is 3.11. The Labute approximate surface area is 99.0 Å². The molecule has 86 valence electrons. The number of nitrogens with two attached hydrogens (primary N) is 1. The van der Waals surface area contributed by atoms with Gasteiger partial charge in [0, 0.05) is 30.5 Å². The highest BCUT2D eigenvalue weighted by Gasteiger charge is 2.51. The molecule has 2 heterocycles. The lowest BCUT2D eigenvalue weighted by Crippen LogP contribution is -2.69. The molecule has 2 saturated carbocycles. The van der Waals surface area contributed by atoms with Gasteiger partial charge in [0.05, 0.1) is 5.54 Å². The van der Waals surface area contributed by atoms with Crippen LogP contribution in [0.5, 0.6) is 0 Å². The minimum atomic E-state index is 0.0887. The number of anilines is 1. The summed E-state index contributed by atoms with van der Waals surface area (Å²) in [5.74, 6) is 2.51. The molecule has 2 aliphatic carbocycles. The molecule has 4 nitrogen and oxygen atoms in total. The van der Waals surface area contributed by atoms with Crippen LogP contribution in [0, 0.1) is 5.92 Å². The van der Waals surface area contributed by atoms with E-state index < -0.39 is 0 Å². The van der Waals surface area contributed by atoms with E-state index in [0.29, 0.717) is 5.92 Å². The Balaban J connectivity index is 1.46. The Morgan fingerprint density at radius 3 is 2.62 bits per heavy atom. The van der Waals surface area contributed by atoms with Crippen molar-refractivity contribution in [2.45, 2.75) is 37.1 Å². The quantitative estimate of drug-likeness (QED) is 0.860. The van der Waals surface area contributed by atoms with Crippen LogP contribution in [-0.2, 0) is 0 Å². The second-order valence-electron chi connectivity index (χ2n) is 5.57. The number of aromatic nitrogens is 2. The van der Waals surface area contributed by atoms with Crippen molar-refractivity contribution in [3.05, 3.63) is 5.82 Å². The molecule has 2 N–H and O–H groups in total. The van der Waals surface area contributed by atoms with Gasteiger partial charge in [0.25, 0.3) is 0 Å². The first-order valence-corrected chi connectivity index (χ1v) is 6.89. The van der Waals surface area contributed by atoms with Crippen LogP contribution in [0.4, 0.5) is 5.13 Å². The van der Waals surface area contributed by atoms with E-state index >= 15 is 0 Å². The van der Waals surface area contributed by atoms with Gasteiger partial charge in [-0.25, -0.2) is 4.98 Å². The Bertz CT molecular complexity index is 415. The summed E-state index contributed by atoms with van der Waals surface area (Å²) in [5, 5.41) is 1.09. The average molecular weight is 236 g/mol. The van der Waals surface area contributed by atoms with Gasteiger partial charge in [0.2, 0.25) is 5.13 Å². The lowest BCUT2D eigenvalue weighted by molar-refractivity contribution is 0.290. The van der Waals surface area contributed by atoms with Crippen molar-refractivity contribution >= 4 is 16.7 Å². The van der Waals surface area contributed by atoms with Gasteiger partial charge in [0.1, 0.15) is 5.82 Å². The van der Waals surface area contributed by atoms with Crippen LogP contribution < -0.4 is 10.6 Å². The van der Waals surface area contributed by atoms with E-state index in [1.165, 1.54) is 25.7 Å². The SMILES string of the molecule is NC1(C2CC2)CN(c2nc(C3CC3)ns2)C1. The minimum Gasteiger partial charge on any atom is -0.343 e. The summed E-state index contributed by atoms with van der Waals surface area (Å²) in [6.07, 6.45) is 5.21. The highest BCUT2D eigenvalue weighted by atomic mass is 32.1. The second-order valence-corrected chi connectivity index (χ2v) is 6.30. The topological polar surface area (TPSA) is 55.0 Å². The largest absolute Gasteiger partial charge is 0.343 e. The third-order valence-corrected chi connectivity index (χ3v) is 4.80. The molecule has 0 radical (unpaired) electrons. The highest BCUT2D eigenvalue weighted by Crippen LogP contribution is 2.45. The summed E-state index contributed by atoms with van der Waals surface area (Å²) in [7, 11) is 0. The predicted molar refractivity (Wildman–Crippen MR) is 63.7 cm³/mol. The molecule has 4 rings (SSSR count). The maximum absolute atomic E-state index is 6.33. The van der Waals surface area contributed by atoms with Gasteiger partial charge in [-0.05, 0) is 31.6 Å². The molecule has 1 aromatic heterocycles. The van der Waals surface area contributed by atoms with Crippen molar-refractivity contribution in [2.24, 2.45) is 11.7 Å². The van der Waals surface area contributed by atoms with Crippen LogP contribution in [-0.4, -0.2) is 28.0 Å². The van der Waals surface area contributed by atoms with Crippen molar-refractivity contribution in [2.75, 3.05) is 18.0 Å². The van der Waals surface area contributed by atoms with E-state index in [2.05, 4.69) is 14.3 Å². The zero-order valence-corrected chi connectivity index (χ0v) is 10.0. The number of hydrogen-bond acceptors (Lipinski definition) is 5. The third-order valence-electron chi connectivity index (χ3n) is 4.00. The molecular weight excluding hydrogens is 220 g/mol. The van der Waals surface area contributed by atoms with Crippen molar-refractivity contribution in [1.29, 1.82) is 0 Å². The van der Waals surface area contributed by atoms with E-state index in [-0.39, 0.29) is 5.54 Å². The van der Waals surface area contributed by atoms with Crippen LogP contribution in [0.15, 0.2) is 0 Å². The maximum Gasteiger partial charge on any atom is 0.205 e. The Hall–Kier alpha value is -0.680. The first-order valence-electron chi connectivity index (χ1n) is 6.12. The van der Waals surface area contributed by atoms with Crippen LogP contribution >= 0.6 is 11.5 Å². The molecule has 1 aromatic rings. The summed E-state index contributed by atoms with van der Waals surface area (Å²) in [4.78, 5) is 6.91. The second kappa shape index (κ2) is 2.96. The van der Waals surface area contributed by atoms with Crippen molar-refractivity contribution in [3.63, 3.8) is 0 Å². The van der Waals surface area contributed by atoms with Gasteiger partial charge in [-0.3, -0.25) is 0 Å². The Morgan fingerprint density at radius 2 is 2.00 bits per heavy atom. The van der Waals surface area contributed by atoms with Crippen molar-refractivity contribution in [1.82, 2.24) is 9.36 Å². The molecular formula is C11H16N4S. The fourth-order valence-corrected chi connectivity index (χ4v) is 3.32. The lowest BCUT2D eigenvalue weighted by Gasteiger charge is -2.48. The summed E-state index contributed by atoms with van der Waals surface area (Å²) in [6.45, 7) is 1.97. The smallest absolute Gasteiger partial charge is 0.205 e. The van der Waals surface area contributed by atoms with Crippen molar-refractivity contribution < 1.29 is 0 Å². The molecule has 0 atom stereocenters. The molecule has 0 amide bonds. The molecule has 0 unspecified atom stereocenters. The monoisotopic (exact) mass is 236 g/mol. The molecule has 16 heavy (non-hydrogen) atoms. The van der Waals surface area contributed by atoms with Gasteiger partial charge in [0.15, 0.2) is 0 Å². The van der Waals surface area contributed by atoms with Gasteiger partial charge in [-0.1, -0.05) is 0 Å². The van der Waals surface area contributed by atoms with Gasteiger partial charge in [-0.15, -0.1) is 0 Å².